The van der Waals surface area contributed by atoms with Crippen LogP contribution in [0, 0.1) is 0 Å². The fraction of sp³-hybridized carbons (Fsp3) is 0.765. The summed E-state index contributed by atoms with van der Waals surface area (Å²) in [6.07, 6.45) is 5.45. The number of aromatic nitrogens is 2. The standard InChI is InChI=1S/C17H29N3O2/c1-4-6-11-19(3)17(21)8-7-15-14-13-22-12-9-16(14)20(18-15)10-5-2/h4-13H2,1-3H3. The number of unbranched alkanes of at least 4 members (excludes halogenated alkanes) is 1. The maximum atomic E-state index is 12.2. The lowest BCUT2D eigenvalue weighted by Crippen LogP contribution is -2.28. The Morgan fingerprint density at radius 3 is 2.91 bits per heavy atom. The van der Waals surface area contributed by atoms with Crippen molar-refractivity contribution in [2.24, 2.45) is 0 Å². The molecule has 2 rings (SSSR count). The van der Waals surface area contributed by atoms with Crippen molar-refractivity contribution in [3.8, 4) is 0 Å². The van der Waals surface area contributed by atoms with E-state index in [4.69, 9.17) is 9.84 Å². The summed E-state index contributed by atoms with van der Waals surface area (Å²) >= 11 is 0. The zero-order chi connectivity index (χ0) is 15.9. The second kappa shape index (κ2) is 8.32. The molecule has 0 atom stereocenters. The molecule has 1 aromatic rings. The Labute approximate surface area is 133 Å². The van der Waals surface area contributed by atoms with E-state index in [1.54, 1.807) is 0 Å². The highest BCUT2D eigenvalue weighted by Crippen LogP contribution is 2.22. The Bertz CT molecular complexity index is 496. The second-order valence-electron chi connectivity index (χ2n) is 6.07. The van der Waals surface area contributed by atoms with Gasteiger partial charge in [-0.3, -0.25) is 9.48 Å². The van der Waals surface area contributed by atoms with Crippen molar-refractivity contribution < 1.29 is 9.53 Å². The zero-order valence-corrected chi connectivity index (χ0v) is 14.2. The molecule has 0 aliphatic carbocycles. The fourth-order valence-electron chi connectivity index (χ4n) is 2.91. The van der Waals surface area contributed by atoms with E-state index in [9.17, 15) is 4.79 Å². The van der Waals surface area contributed by atoms with E-state index in [1.807, 2.05) is 11.9 Å². The first kappa shape index (κ1) is 17.0. The largest absolute Gasteiger partial charge is 0.376 e. The Morgan fingerprint density at radius 1 is 1.36 bits per heavy atom. The first-order chi connectivity index (χ1) is 10.7. The van der Waals surface area contributed by atoms with Gasteiger partial charge < -0.3 is 9.64 Å². The smallest absolute Gasteiger partial charge is 0.222 e. The highest BCUT2D eigenvalue weighted by Gasteiger charge is 2.21. The summed E-state index contributed by atoms with van der Waals surface area (Å²) in [6, 6.07) is 0. The molecule has 1 aromatic heterocycles. The molecule has 5 heteroatoms. The van der Waals surface area contributed by atoms with Crippen LogP contribution in [0.4, 0.5) is 0 Å². The molecule has 0 spiro atoms. The van der Waals surface area contributed by atoms with E-state index in [1.165, 1.54) is 11.3 Å². The lowest BCUT2D eigenvalue weighted by molar-refractivity contribution is -0.129. The van der Waals surface area contributed by atoms with Crippen molar-refractivity contribution in [1.82, 2.24) is 14.7 Å². The molecule has 1 aliphatic rings. The molecule has 1 amide bonds. The molecule has 0 fully saturated rings. The molecular formula is C17H29N3O2. The van der Waals surface area contributed by atoms with Gasteiger partial charge in [0.05, 0.1) is 18.9 Å². The molecule has 0 N–H and O–H groups in total. The van der Waals surface area contributed by atoms with Crippen LogP contribution in [0.3, 0.4) is 0 Å². The summed E-state index contributed by atoms with van der Waals surface area (Å²) in [4.78, 5) is 14.0. The molecule has 22 heavy (non-hydrogen) atoms. The number of hydrogen-bond acceptors (Lipinski definition) is 3. The van der Waals surface area contributed by atoms with Crippen molar-refractivity contribution >= 4 is 5.91 Å². The molecular weight excluding hydrogens is 278 g/mol. The van der Waals surface area contributed by atoms with Gasteiger partial charge in [0.2, 0.25) is 5.91 Å². The molecule has 0 unspecified atom stereocenters. The zero-order valence-electron chi connectivity index (χ0n) is 14.2. The number of nitrogens with zero attached hydrogens (tertiary/aromatic N) is 3. The third kappa shape index (κ3) is 4.09. The molecule has 0 aromatic carbocycles. The van der Waals surface area contributed by atoms with Crippen LogP contribution in [0.25, 0.3) is 0 Å². The van der Waals surface area contributed by atoms with Gasteiger partial charge in [-0.2, -0.15) is 5.10 Å². The number of carbonyl (C=O) groups excluding carboxylic acids is 1. The summed E-state index contributed by atoms with van der Waals surface area (Å²) in [6.45, 7) is 7.53. The van der Waals surface area contributed by atoms with Gasteiger partial charge in [-0.15, -0.1) is 0 Å². The van der Waals surface area contributed by atoms with Gasteiger partial charge in [0.1, 0.15) is 0 Å². The number of rotatable bonds is 8. The van der Waals surface area contributed by atoms with Gasteiger partial charge in [-0.25, -0.2) is 0 Å². The highest BCUT2D eigenvalue weighted by atomic mass is 16.5. The summed E-state index contributed by atoms with van der Waals surface area (Å²) in [7, 11) is 1.90. The third-order valence-electron chi connectivity index (χ3n) is 4.26. The van der Waals surface area contributed by atoms with Gasteiger partial charge in [0, 0.05) is 50.7 Å². The Morgan fingerprint density at radius 2 is 2.18 bits per heavy atom. The van der Waals surface area contributed by atoms with Crippen LogP contribution in [0.5, 0.6) is 0 Å². The van der Waals surface area contributed by atoms with E-state index in [0.717, 1.165) is 57.5 Å². The Kier molecular flexibility index (Phi) is 6.43. The molecule has 0 radical (unpaired) electrons. The van der Waals surface area contributed by atoms with E-state index in [0.29, 0.717) is 13.0 Å². The third-order valence-corrected chi connectivity index (χ3v) is 4.26. The number of amides is 1. The van der Waals surface area contributed by atoms with Crippen LogP contribution in [0.2, 0.25) is 0 Å². The van der Waals surface area contributed by atoms with Gasteiger partial charge in [0.25, 0.3) is 0 Å². The topological polar surface area (TPSA) is 47.4 Å². The minimum absolute atomic E-state index is 0.212. The summed E-state index contributed by atoms with van der Waals surface area (Å²) in [5.41, 5.74) is 3.60. The number of fused-ring (bicyclic) bond motifs is 1. The number of ether oxygens (including phenoxy) is 1. The van der Waals surface area contributed by atoms with Crippen molar-refractivity contribution in [2.75, 3.05) is 20.2 Å². The molecule has 5 nitrogen and oxygen atoms in total. The lowest BCUT2D eigenvalue weighted by atomic mass is 10.1. The van der Waals surface area contributed by atoms with E-state index in [-0.39, 0.29) is 5.91 Å². The van der Waals surface area contributed by atoms with Gasteiger partial charge in [-0.1, -0.05) is 20.3 Å². The monoisotopic (exact) mass is 307 g/mol. The predicted molar refractivity (Wildman–Crippen MR) is 86.7 cm³/mol. The normalized spacial score (nSPS) is 14.0. The highest BCUT2D eigenvalue weighted by molar-refractivity contribution is 5.76. The minimum atomic E-state index is 0.212. The lowest BCUT2D eigenvalue weighted by Gasteiger charge is -2.17. The summed E-state index contributed by atoms with van der Waals surface area (Å²) < 4.78 is 7.71. The van der Waals surface area contributed by atoms with Crippen LogP contribution < -0.4 is 0 Å². The van der Waals surface area contributed by atoms with Crippen molar-refractivity contribution in [1.29, 1.82) is 0 Å². The van der Waals surface area contributed by atoms with Crippen LogP contribution in [-0.2, 0) is 35.5 Å². The minimum Gasteiger partial charge on any atom is -0.376 e. The predicted octanol–water partition coefficient (Wildman–Crippen LogP) is 2.56. The van der Waals surface area contributed by atoms with Crippen LogP contribution >= 0.6 is 0 Å². The summed E-state index contributed by atoms with van der Waals surface area (Å²) in [5.74, 6) is 0.212. The van der Waals surface area contributed by atoms with E-state index in [2.05, 4.69) is 18.5 Å². The first-order valence-corrected chi connectivity index (χ1v) is 8.56. The van der Waals surface area contributed by atoms with Crippen molar-refractivity contribution in [2.45, 2.75) is 65.5 Å². The average Bonchev–Trinajstić information content (AvgIpc) is 2.89. The number of hydrogen-bond donors (Lipinski definition) is 0. The van der Waals surface area contributed by atoms with E-state index >= 15 is 0 Å². The fourth-order valence-corrected chi connectivity index (χ4v) is 2.91. The second-order valence-corrected chi connectivity index (χ2v) is 6.07. The quantitative estimate of drug-likeness (QED) is 0.741. The van der Waals surface area contributed by atoms with Crippen LogP contribution in [-0.4, -0.2) is 40.8 Å². The Balaban J connectivity index is 1.99. The summed E-state index contributed by atoms with van der Waals surface area (Å²) in [5, 5.41) is 4.74. The first-order valence-electron chi connectivity index (χ1n) is 8.56. The molecule has 2 heterocycles. The van der Waals surface area contributed by atoms with Gasteiger partial charge in [0.15, 0.2) is 0 Å². The molecule has 0 saturated carbocycles. The molecule has 0 bridgehead atoms. The number of carbonyl (C=O) groups is 1. The van der Waals surface area contributed by atoms with Gasteiger partial charge >= 0.3 is 0 Å². The van der Waals surface area contributed by atoms with Gasteiger partial charge in [-0.05, 0) is 12.8 Å². The van der Waals surface area contributed by atoms with Crippen LogP contribution in [0.1, 0.15) is 56.5 Å². The van der Waals surface area contributed by atoms with E-state index < -0.39 is 0 Å². The van der Waals surface area contributed by atoms with Crippen molar-refractivity contribution in [3.05, 3.63) is 17.0 Å². The SMILES string of the molecule is CCCCN(C)C(=O)CCc1nn(CCC)c2c1COCC2. The molecule has 1 aliphatic heterocycles. The Hall–Kier alpha value is -1.36. The van der Waals surface area contributed by atoms with Crippen LogP contribution in [0.15, 0.2) is 0 Å². The maximum absolute atomic E-state index is 12.2. The van der Waals surface area contributed by atoms with Crippen molar-refractivity contribution in [3.63, 3.8) is 0 Å². The average molecular weight is 307 g/mol. The molecule has 0 saturated heterocycles. The number of aryl methyl sites for hydroxylation is 2. The molecule has 124 valence electrons. The maximum Gasteiger partial charge on any atom is 0.222 e.